The van der Waals surface area contributed by atoms with Gasteiger partial charge in [-0.15, -0.1) is 0 Å². The van der Waals surface area contributed by atoms with Gasteiger partial charge in [0.25, 0.3) is 5.91 Å². The van der Waals surface area contributed by atoms with Crippen LogP contribution in [-0.4, -0.2) is 138 Å². The third-order valence-electron chi connectivity index (χ3n) is 13.8. The first-order valence-corrected chi connectivity index (χ1v) is 28.6. The van der Waals surface area contributed by atoms with Gasteiger partial charge in [-0.2, -0.15) is 5.26 Å². The summed E-state index contributed by atoms with van der Waals surface area (Å²) in [5.74, 6) is -5.80. The number of benzene rings is 4. The molecule has 25 heteroatoms. The Morgan fingerprint density at radius 2 is 1.47 bits per heavy atom. The van der Waals surface area contributed by atoms with Gasteiger partial charge in [-0.3, -0.25) is 24.0 Å². The Labute approximate surface area is 504 Å². The predicted octanol–water partition coefficient (Wildman–Crippen LogP) is 6.63. The van der Waals surface area contributed by atoms with Gasteiger partial charge >= 0.3 is 6.03 Å². The highest BCUT2D eigenvalue weighted by Crippen LogP contribution is 2.53. The van der Waals surface area contributed by atoms with Gasteiger partial charge in [0.2, 0.25) is 23.6 Å². The second-order valence-corrected chi connectivity index (χ2v) is 22.5. The first-order chi connectivity index (χ1) is 40.5. The van der Waals surface area contributed by atoms with Crippen LogP contribution in [0.4, 0.5) is 25.0 Å². The number of nitrogens with one attached hydrogen (secondary N) is 7. The quantitative estimate of drug-likeness (QED) is 0.0226. The number of hydrogen-bond donors (Lipinski definition) is 9. The number of nitrogens with zero attached hydrogens (tertiary/aromatic N) is 1. The van der Waals surface area contributed by atoms with Crippen LogP contribution >= 0.6 is 23.2 Å². The number of rotatable bonds is 33. The van der Waals surface area contributed by atoms with Crippen molar-refractivity contribution in [3.8, 4) is 11.8 Å². The fourth-order valence-corrected chi connectivity index (χ4v) is 10.1. The highest BCUT2D eigenvalue weighted by molar-refractivity contribution is 6.31. The van der Waals surface area contributed by atoms with E-state index in [0.717, 1.165) is 6.07 Å². The van der Waals surface area contributed by atoms with Crippen LogP contribution < -0.4 is 47.7 Å². The van der Waals surface area contributed by atoms with Gasteiger partial charge in [-0.25, -0.2) is 13.6 Å². The summed E-state index contributed by atoms with van der Waals surface area (Å²) >= 11 is 12.4. The molecule has 5 rings (SSSR count). The molecule has 0 aromatic heterocycles. The molecule has 0 radical (unpaired) electrons. The number of methoxy groups -OCH3 is 1. The summed E-state index contributed by atoms with van der Waals surface area (Å²) in [6.07, 6.45) is 0.716. The summed E-state index contributed by atoms with van der Waals surface area (Å²) < 4.78 is 60.1. The van der Waals surface area contributed by atoms with Crippen molar-refractivity contribution in [3.63, 3.8) is 0 Å². The van der Waals surface area contributed by atoms with Crippen LogP contribution in [0, 0.1) is 34.3 Å². The van der Waals surface area contributed by atoms with Crippen molar-refractivity contribution >= 4 is 70.1 Å². The first-order valence-electron chi connectivity index (χ1n) is 27.8. The Balaban J connectivity index is 0.999. The summed E-state index contributed by atoms with van der Waals surface area (Å²) in [5.41, 5.74) is 4.23. The van der Waals surface area contributed by atoms with Gasteiger partial charge in [0, 0.05) is 53.3 Å². The molecule has 462 valence electrons. The van der Waals surface area contributed by atoms with Crippen molar-refractivity contribution in [1.29, 1.82) is 5.26 Å². The number of ether oxygens (including phenoxy) is 5. The molecule has 1 fully saturated rings. The maximum Gasteiger partial charge on any atom is 0.312 e. The number of nitriles is 1. The van der Waals surface area contributed by atoms with E-state index >= 15 is 8.78 Å². The Morgan fingerprint density at radius 1 is 0.812 bits per heavy atom. The van der Waals surface area contributed by atoms with Crippen molar-refractivity contribution in [2.24, 2.45) is 17.1 Å². The molecule has 1 saturated heterocycles. The molecular formula is C60H77Cl2F2N9O12. The average Bonchev–Trinajstić information content (AvgIpc) is 2.10. The van der Waals surface area contributed by atoms with Gasteiger partial charge in [0.15, 0.2) is 0 Å². The summed E-state index contributed by atoms with van der Waals surface area (Å²) in [6, 6.07) is 16.6. The second kappa shape index (κ2) is 33.6. The molecule has 21 nitrogen and oxygen atoms in total. The van der Waals surface area contributed by atoms with Crippen molar-refractivity contribution in [2.45, 2.75) is 102 Å². The standard InChI is InChI=1S/C60H77Cl2F2N9O12/c1-36(2)52(56(78)71-46(11-8-21-68-58(66)80)55(77)69-40-16-12-37(34-74)13-17-40)73-49(75)20-23-82-25-27-84-29-30-85-28-26-83-24-22-67-54(76)38-14-19-45(47(31-38)81-6)70-57(79)53-50(41-9-7-10-43(62)51(41)64)60(35-65,48(72-53)33-59(3,4)5)42-18-15-39(61)32-44(42)63/h7,9-10,12-19,31-32,36,46,48,50,52-53,72,74H,8,11,20-30,33-34H2,1-6H3,(H,67,76)(H,69,77)(H,70,79)(H,71,78)(H,73,75)(H3,66,68,80)/t46-,48-,50-,52+,53+,60-/m0/s1. The van der Waals surface area contributed by atoms with Crippen LogP contribution in [0.1, 0.15) is 93.3 Å². The zero-order valence-corrected chi connectivity index (χ0v) is 50.1. The molecule has 4 aromatic rings. The largest absolute Gasteiger partial charge is 0.495 e. The van der Waals surface area contributed by atoms with Crippen LogP contribution in [0.15, 0.2) is 78.9 Å². The van der Waals surface area contributed by atoms with Crippen LogP contribution in [0.3, 0.4) is 0 Å². The molecule has 0 unspecified atom stereocenters. The molecule has 1 aliphatic heterocycles. The monoisotopic (exact) mass is 1220 g/mol. The number of carbonyl (C=O) groups is 6. The summed E-state index contributed by atoms with van der Waals surface area (Å²) in [7, 11) is 1.36. The normalized spacial score (nSPS) is 17.3. The van der Waals surface area contributed by atoms with E-state index in [4.69, 9.17) is 52.6 Å². The minimum absolute atomic E-state index is 0.0400. The molecule has 10 N–H and O–H groups in total. The molecule has 0 bridgehead atoms. The van der Waals surface area contributed by atoms with E-state index in [1.807, 2.05) is 20.8 Å². The average molecular weight is 1230 g/mol. The molecule has 6 atom stereocenters. The maximum absolute atomic E-state index is 16.2. The molecule has 1 heterocycles. The molecule has 0 saturated carbocycles. The number of urea groups is 1. The maximum atomic E-state index is 16.2. The lowest BCUT2D eigenvalue weighted by Gasteiger charge is -2.37. The first kappa shape index (κ1) is 68.8. The van der Waals surface area contributed by atoms with E-state index < -0.39 is 88.1 Å². The van der Waals surface area contributed by atoms with Crippen LogP contribution in [0.2, 0.25) is 10.0 Å². The third kappa shape index (κ3) is 20.3. The topological polar surface area (TPSA) is 303 Å². The molecular weight excluding hydrogens is 1150 g/mol. The van der Waals surface area contributed by atoms with Crippen LogP contribution in [0.25, 0.3) is 0 Å². The molecule has 0 spiro atoms. The van der Waals surface area contributed by atoms with Crippen molar-refractivity contribution < 1.29 is 66.3 Å². The smallest absolute Gasteiger partial charge is 0.312 e. The number of aliphatic hydroxyl groups is 1. The summed E-state index contributed by atoms with van der Waals surface area (Å²) in [5, 5.41) is 39.9. The van der Waals surface area contributed by atoms with E-state index in [9.17, 15) is 39.1 Å². The van der Waals surface area contributed by atoms with E-state index in [1.165, 1.54) is 55.6 Å². The highest BCUT2D eigenvalue weighted by atomic mass is 35.5. The van der Waals surface area contributed by atoms with E-state index in [2.05, 4.69) is 43.3 Å². The van der Waals surface area contributed by atoms with Crippen LogP contribution in [-0.2, 0) is 50.1 Å². The van der Waals surface area contributed by atoms with E-state index in [1.54, 1.807) is 38.1 Å². The highest BCUT2D eigenvalue weighted by Gasteiger charge is 2.61. The minimum Gasteiger partial charge on any atom is -0.495 e. The fraction of sp³-hybridized carbons (Fsp3) is 0.483. The minimum atomic E-state index is -1.84. The molecule has 7 amide bonds. The van der Waals surface area contributed by atoms with Crippen molar-refractivity contribution in [2.75, 3.05) is 83.7 Å². The number of anilines is 2. The Kier molecular flexibility index (Phi) is 27.2. The predicted molar refractivity (Wildman–Crippen MR) is 316 cm³/mol. The lowest BCUT2D eigenvalue weighted by atomic mass is 9.62. The zero-order chi connectivity index (χ0) is 62.3. The zero-order valence-electron chi connectivity index (χ0n) is 48.6. The van der Waals surface area contributed by atoms with Gasteiger partial charge in [0.05, 0.1) is 89.4 Å². The Hall–Kier alpha value is -7.01. The molecule has 0 aliphatic carbocycles. The Morgan fingerprint density at radius 3 is 2.07 bits per heavy atom. The number of hydrogen-bond acceptors (Lipinski definition) is 14. The van der Waals surface area contributed by atoms with E-state index in [0.29, 0.717) is 17.7 Å². The lowest BCUT2D eigenvalue weighted by Crippen LogP contribution is -2.54. The summed E-state index contributed by atoms with van der Waals surface area (Å²) in [4.78, 5) is 78.4. The van der Waals surface area contributed by atoms with Gasteiger partial charge in [0.1, 0.15) is 34.9 Å². The lowest BCUT2D eigenvalue weighted by molar-refractivity contribution is -0.132. The fourth-order valence-electron chi connectivity index (χ4n) is 9.72. The number of aliphatic hydroxyl groups excluding tert-OH is 1. The number of primary amides is 1. The second-order valence-electron chi connectivity index (χ2n) is 21.7. The molecule has 85 heavy (non-hydrogen) atoms. The third-order valence-corrected chi connectivity index (χ3v) is 14.4. The number of amides is 7. The van der Waals surface area contributed by atoms with Crippen molar-refractivity contribution in [1.82, 2.24) is 26.6 Å². The Bertz CT molecular complexity index is 2950. The number of nitrogens with two attached hydrogens (primary N) is 1. The van der Waals surface area contributed by atoms with Crippen molar-refractivity contribution in [3.05, 3.63) is 123 Å². The SMILES string of the molecule is COc1cc(C(=O)NCCOCCOCCOCCOCCC(=O)N[C@@H](C(=O)N[C@@H](CCCNC(N)=O)C(=O)Nc2ccc(CO)cc2)C(C)C)ccc1NC(=O)[C@@H]1N[C@@H](CC(C)(C)C)[C@](C#N)(c2ccc(Cl)cc2F)[C@H]1c1cccc(Cl)c1F. The van der Waals surface area contributed by atoms with Crippen LogP contribution in [0.5, 0.6) is 5.75 Å². The summed E-state index contributed by atoms with van der Waals surface area (Å²) in [6.45, 7) is 11.2. The molecule has 1 aliphatic rings. The van der Waals surface area contributed by atoms with Gasteiger partial charge < -0.3 is 71.7 Å². The van der Waals surface area contributed by atoms with E-state index in [-0.39, 0.29) is 136 Å². The van der Waals surface area contributed by atoms with Gasteiger partial charge in [-0.1, -0.05) is 88.2 Å². The molecule has 4 aromatic carbocycles. The van der Waals surface area contributed by atoms with Gasteiger partial charge in [-0.05, 0) is 90.3 Å². The number of carbonyl (C=O) groups excluding carboxylic acids is 6. The number of halogens is 4.